The van der Waals surface area contributed by atoms with Gasteiger partial charge in [0.2, 0.25) is 15.5 Å². The van der Waals surface area contributed by atoms with Crippen LogP contribution in [0.3, 0.4) is 0 Å². The van der Waals surface area contributed by atoms with Crippen molar-refractivity contribution in [3.63, 3.8) is 0 Å². The van der Waals surface area contributed by atoms with E-state index in [-0.39, 0.29) is 11.4 Å². The minimum atomic E-state index is -3.84. The number of H-pyrrole nitrogens is 1. The molecule has 19 heavy (non-hydrogen) atoms. The summed E-state index contributed by atoms with van der Waals surface area (Å²) >= 11 is 3.14. The van der Waals surface area contributed by atoms with Gasteiger partial charge in [0.05, 0.1) is 6.54 Å². The van der Waals surface area contributed by atoms with Gasteiger partial charge in [-0.1, -0.05) is 0 Å². The standard InChI is InChI=1S/C11H11BrN2O4S/c1-14(7-8-2-3-11(12)18-8)19(16,17)10-6-13-5-4-9(10)15/h2-6H,7H2,1H3,(H,13,15). The summed E-state index contributed by atoms with van der Waals surface area (Å²) in [5, 5.41) is 0. The summed E-state index contributed by atoms with van der Waals surface area (Å²) in [6, 6.07) is 4.50. The van der Waals surface area contributed by atoms with Crippen molar-refractivity contribution in [2.75, 3.05) is 7.05 Å². The van der Waals surface area contributed by atoms with Crippen LogP contribution in [0, 0.1) is 0 Å². The Morgan fingerprint density at radius 1 is 1.37 bits per heavy atom. The Morgan fingerprint density at radius 2 is 2.11 bits per heavy atom. The van der Waals surface area contributed by atoms with Crippen molar-refractivity contribution in [1.29, 1.82) is 0 Å². The fourth-order valence-electron chi connectivity index (χ4n) is 1.51. The van der Waals surface area contributed by atoms with Crippen LogP contribution in [0.4, 0.5) is 0 Å². The highest BCUT2D eigenvalue weighted by Gasteiger charge is 2.24. The van der Waals surface area contributed by atoms with Gasteiger partial charge in [0.1, 0.15) is 10.7 Å². The summed E-state index contributed by atoms with van der Waals surface area (Å²) in [5.41, 5.74) is -0.550. The maximum absolute atomic E-state index is 12.2. The number of aromatic nitrogens is 1. The van der Waals surface area contributed by atoms with Crippen LogP contribution in [-0.2, 0) is 16.6 Å². The third kappa shape index (κ3) is 2.96. The van der Waals surface area contributed by atoms with E-state index in [1.54, 1.807) is 12.1 Å². The van der Waals surface area contributed by atoms with Gasteiger partial charge in [-0.25, -0.2) is 8.42 Å². The van der Waals surface area contributed by atoms with Gasteiger partial charge in [-0.3, -0.25) is 4.79 Å². The molecule has 0 aliphatic heterocycles. The van der Waals surface area contributed by atoms with E-state index in [1.165, 1.54) is 25.5 Å². The number of nitrogens with one attached hydrogen (secondary N) is 1. The Labute approximate surface area is 118 Å². The van der Waals surface area contributed by atoms with E-state index < -0.39 is 15.5 Å². The molecule has 102 valence electrons. The normalized spacial score (nSPS) is 11.9. The lowest BCUT2D eigenvalue weighted by Gasteiger charge is -2.15. The molecule has 0 fully saturated rings. The number of hydrogen-bond acceptors (Lipinski definition) is 4. The lowest BCUT2D eigenvalue weighted by molar-refractivity contribution is 0.398. The third-order valence-corrected chi connectivity index (χ3v) is 4.73. The number of sulfonamides is 1. The van der Waals surface area contributed by atoms with Crippen molar-refractivity contribution in [2.45, 2.75) is 11.4 Å². The number of rotatable bonds is 4. The molecule has 6 nitrogen and oxygen atoms in total. The average Bonchev–Trinajstić information content (AvgIpc) is 2.75. The minimum Gasteiger partial charge on any atom is -0.453 e. The smallest absolute Gasteiger partial charge is 0.248 e. The van der Waals surface area contributed by atoms with Crippen LogP contribution in [0.2, 0.25) is 0 Å². The monoisotopic (exact) mass is 346 g/mol. The van der Waals surface area contributed by atoms with E-state index in [4.69, 9.17) is 4.42 Å². The molecule has 2 aromatic rings. The first-order valence-corrected chi connectivity index (χ1v) is 7.52. The average molecular weight is 347 g/mol. The van der Waals surface area contributed by atoms with Crippen molar-refractivity contribution < 1.29 is 12.8 Å². The first-order valence-electron chi connectivity index (χ1n) is 5.29. The molecule has 0 unspecified atom stereocenters. The molecule has 0 radical (unpaired) electrons. The number of furan rings is 1. The zero-order valence-corrected chi connectivity index (χ0v) is 12.4. The topological polar surface area (TPSA) is 83.4 Å². The second-order valence-electron chi connectivity index (χ2n) is 3.84. The number of hydrogen-bond donors (Lipinski definition) is 1. The molecule has 2 aromatic heterocycles. The maximum atomic E-state index is 12.2. The van der Waals surface area contributed by atoms with Crippen LogP contribution in [-0.4, -0.2) is 24.8 Å². The van der Waals surface area contributed by atoms with Gasteiger partial charge >= 0.3 is 0 Å². The van der Waals surface area contributed by atoms with Crippen LogP contribution in [0.15, 0.2) is 49.4 Å². The van der Waals surface area contributed by atoms with Gasteiger partial charge in [-0.15, -0.1) is 0 Å². The Hall–Kier alpha value is -1.38. The molecule has 2 rings (SSSR count). The van der Waals surface area contributed by atoms with E-state index >= 15 is 0 Å². The summed E-state index contributed by atoms with van der Waals surface area (Å²) in [6.07, 6.45) is 2.55. The SMILES string of the molecule is CN(Cc1ccc(Br)o1)S(=O)(=O)c1c[nH]ccc1=O. The van der Waals surface area contributed by atoms with E-state index in [0.29, 0.717) is 10.4 Å². The van der Waals surface area contributed by atoms with Crippen LogP contribution in [0.5, 0.6) is 0 Å². The van der Waals surface area contributed by atoms with Crippen LogP contribution >= 0.6 is 15.9 Å². The molecule has 0 amide bonds. The predicted molar refractivity (Wildman–Crippen MR) is 72.1 cm³/mol. The van der Waals surface area contributed by atoms with Gasteiger partial charge in [-0.2, -0.15) is 4.31 Å². The molecule has 0 bridgehead atoms. The van der Waals surface area contributed by atoms with Gasteiger partial charge in [0.25, 0.3) is 0 Å². The molecule has 0 saturated carbocycles. The second kappa shape index (κ2) is 5.32. The Bertz CT molecular complexity index is 735. The molecular formula is C11H11BrN2O4S. The van der Waals surface area contributed by atoms with Gasteiger partial charge < -0.3 is 9.40 Å². The second-order valence-corrected chi connectivity index (χ2v) is 6.63. The molecule has 0 atom stereocenters. The van der Waals surface area contributed by atoms with Crippen molar-refractivity contribution in [1.82, 2.24) is 9.29 Å². The Kier molecular flexibility index (Phi) is 3.93. The molecule has 0 aliphatic carbocycles. The summed E-state index contributed by atoms with van der Waals surface area (Å²) in [5.74, 6) is 0.477. The van der Waals surface area contributed by atoms with Crippen molar-refractivity contribution in [3.8, 4) is 0 Å². The first-order chi connectivity index (χ1) is 8.91. The molecule has 8 heteroatoms. The number of aromatic amines is 1. The fraction of sp³-hybridized carbons (Fsp3) is 0.182. The predicted octanol–water partition coefficient (Wildman–Crippen LogP) is 1.55. The van der Waals surface area contributed by atoms with Gasteiger partial charge in [0.15, 0.2) is 4.67 Å². The highest BCUT2D eigenvalue weighted by Crippen LogP contribution is 2.18. The lowest BCUT2D eigenvalue weighted by atomic mass is 10.4. The van der Waals surface area contributed by atoms with Gasteiger partial charge in [-0.05, 0) is 28.1 Å². The Balaban J connectivity index is 2.30. The zero-order valence-electron chi connectivity index (χ0n) is 9.96. The summed E-state index contributed by atoms with van der Waals surface area (Å²) in [7, 11) is -2.46. The minimum absolute atomic E-state index is 0.0439. The van der Waals surface area contributed by atoms with E-state index in [9.17, 15) is 13.2 Å². The summed E-state index contributed by atoms with van der Waals surface area (Å²) in [4.78, 5) is 13.9. The molecule has 0 aromatic carbocycles. The first kappa shape index (κ1) is 14.0. The fourth-order valence-corrected chi connectivity index (χ4v) is 3.02. The Morgan fingerprint density at radius 3 is 2.68 bits per heavy atom. The number of nitrogens with zero attached hydrogens (tertiary/aromatic N) is 1. The number of pyridine rings is 1. The maximum Gasteiger partial charge on any atom is 0.248 e. The highest BCUT2D eigenvalue weighted by atomic mass is 79.9. The van der Waals surface area contributed by atoms with Crippen LogP contribution in [0.1, 0.15) is 5.76 Å². The largest absolute Gasteiger partial charge is 0.453 e. The van der Waals surface area contributed by atoms with Crippen LogP contribution < -0.4 is 5.43 Å². The quantitative estimate of drug-likeness (QED) is 0.910. The summed E-state index contributed by atoms with van der Waals surface area (Å²) < 4.78 is 31.3. The lowest BCUT2D eigenvalue weighted by Crippen LogP contribution is -2.30. The number of halogens is 1. The van der Waals surface area contributed by atoms with Crippen LogP contribution in [0.25, 0.3) is 0 Å². The molecule has 0 spiro atoms. The molecule has 0 saturated heterocycles. The van der Waals surface area contributed by atoms with Crippen molar-refractivity contribution >= 4 is 26.0 Å². The van der Waals surface area contributed by atoms with Crippen molar-refractivity contribution in [3.05, 3.63) is 51.2 Å². The summed E-state index contributed by atoms with van der Waals surface area (Å²) in [6.45, 7) is 0.0439. The van der Waals surface area contributed by atoms with E-state index in [2.05, 4.69) is 20.9 Å². The van der Waals surface area contributed by atoms with Gasteiger partial charge in [0, 0.05) is 25.5 Å². The molecule has 1 N–H and O–H groups in total. The van der Waals surface area contributed by atoms with E-state index in [0.717, 1.165) is 4.31 Å². The third-order valence-electron chi connectivity index (χ3n) is 2.48. The molecule has 2 heterocycles. The van der Waals surface area contributed by atoms with Crippen molar-refractivity contribution in [2.24, 2.45) is 0 Å². The highest BCUT2D eigenvalue weighted by molar-refractivity contribution is 9.10. The molecular weight excluding hydrogens is 336 g/mol. The zero-order chi connectivity index (χ0) is 14.0. The van der Waals surface area contributed by atoms with E-state index in [1.807, 2.05) is 0 Å². The molecule has 0 aliphatic rings.